The molecule has 1 aromatic heterocycles. The Morgan fingerprint density at radius 1 is 1.14 bits per heavy atom. The lowest BCUT2D eigenvalue weighted by Gasteiger charge is -2.07. The number of nitrogens with zero attached hydrogens (tertiary/aromatic N) is 1. The third kappa shape index (κ3) is 4.50. The van der Waals surface area contributed by atoms with Crippen LogP contribution < -0.4 is 10.1 Å². The number of anilines is 1. The molecule has 0 aliphatic heterocycles. The SMILES string of the molecule is Cc1ccc(Cl)cc1NC(=O)c1ccc(COc2ccc([N+](=O)[O-])c(C)c2)o1. The van der Waals surface area contributed by atoms with Crippen molar-refractivity contribution in [3.8, 4) is 5.75 Å². The minimum atomic E-state index is -0.446. The summed E-state index contributed by atoms with van der Waals surface area (Å²) >= 11 is 5.96. The molecule has 3 aromatic rings. The highest BCUT2D eigenvalue weighted by Gasteiger charge is 2.14. The van der Waals surface area contributed by atoms with Gasteiger partial charge in [-0.2, -0.15) is 0 Å². The van der Waals surface area contributed by atoms with Gasteiger partial charge in [0.15, 0.2) is 5.76 Å². The zero-order chi connectivity index (χ0) is 20.3. The molecule has 1 N–H and O–H groups in total. The van der Waals surface area contributed by atoms with Gasteiger partial charge in [-0.05, 0) is 55.8 Å². The molecular weight excluding hydrogens is 384 g/mol. The molecule has 1 amide bonds. The van der Waals surface area contributed by atoms with Gasteiger partial charge in [0.25, 0.3) is 11.6 Å². The topological polar surface area (TPSA) is 94.6 Å². The monoisotopic (exact) mass is 400 g/mol. The van der Waals surface area contributed by atoms with Gasteiger partial charge in [0.05, 0.1) is 4.92 Å². The average molecular weight is 401 g/mol. The predicted octanol–water partition coefficient (Wildman–Crippen LogP) is 5.29. The van der Waals surface area contributed by atoms with Gasteiger partial charge in [-0.15, -0.1) is 0 Å². The van der Waals surface area contributed by atoms with Crippen molar-refractivity contribution in [2.75, 3.05) is 5.32 Å². The Bertz CT molecular complexity index is 1040. The van der Waals surface area contributed by atoms with Crippen LogP contribution in [-0.2, 0) is 6.61 Å². The normalized spacial score (nSPS) is 10.5. The zero-order valence-electron chi connectivity index (χ0n) is 15.2. The number of nitro benzene ring substituents is 1. The number of halogens is 1. The van der Waals surface area contributed by atoms with Crippen molar-refractivity contribution in [3.05, 3.63) is 86.3 Å². The molecule has 0 radical (unpaired) electrons. The van der Waals surface area contributed by atoms with E-state index in [0.29, 0.717) is 27.8 Å². The molecule has 0 atom stereocenters. The summed E-state index contributed by atoms with van der Waals surface area (Å²) in [6.07, 6.45) is 0. The number of aryl methyl sites for hydroxylation is 2. The van der Waals surface area contributed by atoms with E-state index in [4.69, 9.17) is 20.8 Å². The number of hydrogen-bond donors (Lipinski definition) is 1. The van der Waals surface area contributed by atoms with Crippen molar-refractivity contribution in [1.29, 1.82) is 0 Å². The van der Waals surface area contributed by atoms with E-state index in [-0.39, 0.29) is 18.1 Å². The number of rotatable bonds is 6. The van der Waals surface area contributed by atoms with Crippen LogP contribution in [0.3, 0.4) is 0 Å². The molecular formula is C20H17ClN2O5. The first-order valence-electron chi connectivity index (χ1n) is 8.37. The van der Waals surface area contributed by atoms with Crippen LogP contribution in [-0.4, -0.2) is 10.8 Å². The Morgan fingerprint density at radius 2 is 1.93 bits per heavy atom. The van der Waals surface area contributed by atoms with Crippen LogP contribution in [0, 0.1) is 24.0 Å². The molecule has 144 valence electrons. The molecule has 0 fully saturated rings. The Kier molecular flexibility index (Phi) is 5.65. The lowest BCUT2D eigenvalue weighted by atomic mass is 10.2. The molecule has 0 saturated heterocycles. The van der Waals surface area contributed by atoms with Crippen molar-refractivity contribution in [3.63, 3.8) is 0 Å². The fraction of sp³-hybridized carbons (Fsp3) is 0.150. The Morgan fingerprint density at radius 3 is 2.64 bits per heavy atom. The van der Waals surface area contributed by atoms with Crippen LogP contribution in [0.5, 0.6) is 5.75 Å². The summed E-state index contributed by atoms with van der Waals surface area (Å²) in [5.74, 6) is 0.657. The van der Waals surface area contributed by atoms with Crippen molar-refractivity contribution in [2.45, 2.75) is 20.5 Å². The number of nitro groups is 1. The summed E-state index contributed by atoms with van der Waals surface area (Å²) in [7, 11) is 0. The zero-order valence-corrected chi connectivity index (χ0v) is 15.9. The van der Waals surface area contributed by atoms with Crippen LogP contribution in [0.25, 0.3) is 0 Å². The smallest absolute Gasteiger partial charge is 0.291 e. The maximum absolute atomic E-state index is 12.4. The van der Waals surface area contributed by atoms with Gasteiger partial charge in [-0.3, -0.25) is 14.9 Å². The third-order valence-electron chi connectivity index (χ3n) is 4.08. The number of hydrogen-bond acceptors (Lipinski definition) is 5. The van der Waals surface area contributed by atoms with Crippen LogP contribution in [0.1, 0.15) is 27.4 Å². The average Bonchev–Trinajstić information content (AvgIpc) is 3.12. The quantitative estimate of drug-likeness (QED) is 0.448. The fourth-order valence-corrected chi connectivity index (χ4v) is 2.74. The summed E-state index contributed by atoms with van der Waals surface area (Å²) in [4.78, 5) is 22.8. The number of ether oxygens (including phenoxy) is 1. The molecule has 2 aromatic carbocycles. The van der Waals surface area contributed by atoms with Crippen LogP contribution in [0.4, 0.5) is 11.4 Å². The van der Waals surface area contributed by atoms with Gasteiger partial charge < -0.3 is 14.5 Å². The first-order chi connectivity index (χ1) is 13.3. The van der Waals surface area contributed by atoms with Crippen molar-refractivity contribution in [1.82, 2.24) is 0 Å². The molecule has 0 aliphatic carbocycles. The first-order valence-corrected chi connectivity index (χ1v) is 8.75. The molecule has 0 spiro atoms. The third-order valence-corrected chi connectivity index (χ3v) is 4.31. The number of carbonyl (C=O) groups is 1. The molecule has 8 heteroatoms. The summed E-state index contributed by atoms with van der Waals surface area (Å²) < 4.78 is 11.1. The highest BCUT2D eigenvalue weighted by Crippen LogP contribution is 2.24. The second kappa shape index (κ2) is 8.14. The number of furan rings is 1. The van der Waals surface area contributed by atoms with E-state index >= 15 is 0 Å². The lowest BCUT2D eigenvalue weighted by molar-refractivity contribution is -0.385. The first kappa shape index (κ1) is 19.4. The van der Waals surface area contributed by atoms with Crippen LogP contribution in [0.15, 0.2) is 52.9 Å². The molecule has 0 bridgehead atoms. The second-order valence-corrected chi connectivity index (χ2v) is 6.61. The maximum atomic E-state index is 12.4. The predicted molar refractivity (Wildman–Crippen MR) is 105 cm³/mol. The van der Waals surface area contributed by atoms with Crippen molar-refractivity contribution >= 4 is 28.9 Å². The summed E-state index contributed by atoms with van der Waals surface area (Å²) in [5, 5.41) is 14.1. The van der Waals surface area contributed by atoms with E-state index in [1.54, 1.807) is 37.3 Å². The molecule has 0 aliphatic rings. The summed E-state index contributed by atoms with van der Waals surface area (Å²) in [6.45, 7) is 3.58. The molecule has 28 heavy (non-hydrogen) atoms. The van der Waals surface area contributed by atoms with Gasteiger partial charge in [-0.1, -0.05) is 17.7 Å². The Balaban J connectivity index is 1.64. The van der Waals surface area contributed by atoms with E-state index in [9.17, 15) is 14.9 Å². The van der Waals surface area contributed by atoms with Gasteiger partial charge in [-0.25, -0.2) is 0 Å². The van der Waals surface area contributed by atoms with Gasteiger partial charge in [0, 0.05) is 22.3 Å². The fourth-order valence-electron chi connectivity index (χ4n) is 2.57. The molecule has 3 rings (SSSR count). The van der Waals surface area contributed by atoms with Crippen LogP contribution in [0.2, 0.25) is 5.02 Å². The lowest BCUT2D eigenvalue weighted by Crippen LogP contribution is -2.11. The highest BCUT2D eigenvalue weighted by molar-refractivity contribution is 6.31. The van der Waals surface area contributed by atoms with E-state index < -0.39 is 10.8 Å². The van der Waals surface area contributed by atoms with E-state index in [1.165, 1.54) is 12.1 Å². The van der Waals surface area contributed by atoms with Crippen molar-refractivity contribution in [2.24, 2.45) is 0 Å². The van der Waals surface area contributed by atoms with E-state index in [0.717, 1.165) is 5.56 Å². The Labute approximate surface area is 166 Å². The van der Waals surface area contributed by atoms with Gasteiger partial charge >= 0.3 is 0 Å². The van der Waals surface area contributed by atoms with E-state index in [2.05, 4.69) is 5.32 Å². The molecule has 7 nitrogen and oxygen atoms in total. The molecule has 0 unspecified atom stereocenters. The largest absolute Gasteiger partial charge is 0.486 e. The van der Waals surface area contributed by atoms with Gasteiger partial charge in [0.2, 0.25) is 0 Å². The number of benzene rings is 2. The molecule has 0 saturated carbocycles. The summed E-state index contributed by atoms with van der Waals surface area (Å²) in [5.41, 5.74) is 2.01. The van der Waals surface area contributed by atoms with Crippen LogP contribution >= 0.6 is 11.6 Å². The second-order valence-electron chi connectivity index (χ2n) is 6.17. The number of carbonyl (C=O) groups excluding carboxylic acids is 1. The standard InChI is InChI=1S/C20H17ClN2O5/c1-12-3-4-14(21)10-17(12)22-20(24)19-8-6-16(28-19)11-27-15-5-7-18(23(25)26)13(2)9-15/h3-10H,11H2,1-2H3,(H,22,24). The number of amides is 1. The minimum absolute atomic E-state index is 0.0283. The van der Waals surface area contributed by atoms with E-state index in [1.807, 2.05) is 13.0 Å². The van der Waals surface area contributed by atoms with Gasteiger partial charge in [0.1, 0.15) is 18.1 Å². The Hall–Kier alpha value is -3.32. The van der Waals surface area contributed by atoms with Crippen molar-refractivity contribution < 1.29 is 18.9 Å². The maximum Gasteiger partial charge on any atom is 0.291 e. The summed E-state index contributed by atoms with van der Waals surface area (Å²) in [6, 6.07) is 12.9. The minimum Gasteiger partial charge on any atom is -0.486 e. The molecule has 1 heterocycles. The highest BCUT2D eigenvalue weighted by atomic mass is 35.5. The number of nitrogens with one attached hydrogen (secondary N) is 1.